The van der Waals surface area contributed by atoms with Crippen LogP contribution in [0.25, 0.3) is 22.3 Å². The number of aromatic nitrogens is 2. The molecule has 0 amide bonds. The Morgan fingerprint density at radius 1 is 1.02 bits per heavy atom. The largest absolute Gasteiger partial charge is 0.493 e. The maximum absolute atomic E-state index is 13.4. The summed E-state index contributed by atoms with van der Waals surface area (Å²) in [5, 5.41) is 17.6. The van der Waals surface area contributed by atoms with E-state index in [1.54, 1.807) is 42.5 Å². The van der Waals surface area contributed by atoms with Gasteiger partial charge in [0.2, 0.25) is 5.75 Å². The topological polar surface area (TPSA) is 109 Å². The molecule has 1 aromatic heterocycles. The highest BCUT2D eigenvalue weighted by Crippen LogP contribution is 2.39. The lowest BCUT2D eigenvalue weighted by Gasteiger charge is -2.13. The van der Waals surface area contributed by atoms with Crippen molar-refractivity contribution in [3.05, 3.63) is 127 Å². The van der Waals surface area contributed by atoms with Gasteiger partial charge in [0, 0.05) is 32.8 Å². The summed E-state index contributed by atoms with van der Waals surface area (Å²) in [6.45, 7) is -0.0563. The molecule has 0 saturated carbocycles. The van der Waals surface area contributed by atoms with E-state index in [1.807, 2.05) is 30.3 Å². The van der Waals surface area contributed by atoms with Crippen LogP contribution < -0.4 is 15.0 Å². The summed E-state index contributed by atoms with van der Waals surface area (Å²) < 4.78 is 12.4. The van der Waals surface area contributed by atoms with Gasteiger partial charge in [-0.2, -0.15) is 9.78 Å². The number of ether oxygens (including phenoxy) is 2. The van der Waals surface area contributed by atoms with Gasteiger partial charge in [-0.05, 0) is 30.3 Å². The SMILES string of the molecule is COc1cc(C=Nn2c(-c3ccccc3)nc3ccccc3c2=O)cc([N+](=O)[O-])c1OCc1ccc(Cl)cc1Cl. The first-order valence-corrected chi connectivity index (χ1v) is 12.7. The van der Waals surface area contributed by atoms with E-state index in [-0.39, 0.29) is 29.4 Å². The smallest absolute Gasteiger partial charge is 0.315 e. The molecule has 4 aromatic carbocycles. The van der Waals surface area contributed by atoms with Crippen molar-refractivity contribution in [3.8, 4) is 22.9 Å². The van der Waals surface area contributed by atoms with Gasteiger partial charge in [-0.15, -0.1) is 0 Å². The molecule has 0 spiro atoms. The predicted octanol–water partition coefficient (Wildman–Crippen LogP) is 6.75. The van der Waals surface area contributed by atoms with Crippen LogP contribution in [0.3, 0.4) is 0 Å². The summed E-state index contributed by atoms with van der Waals surface area (Å²) in [6, 6.07) is 23.8. The van der Waals surface area contributed by atoms with Crippen molar-refractivity contribution >= 4 is 46.0 Å². The van der Waals surface area contributed by atoms with Crippen LogP contribution in [0.4, 0.5) is 5.69 Å². The molecule has 0 saturated heterocycles. The normalized spacial score (nSPS) is 11.2. The van der Waals surface area contributed by atoms with Crippen LogP contribution in [-0.4, -0.2) is 27.9 Å². The van der Waals surface area contributed by atoms with E-state index in [4.69, 9.17) is 32.7 Å². The fraction of sp³-hybridized carbons (Fsp3) is 0.0690. The molecule has 5 aromatic rings. The molecule has 11 heteroatoms. The molecule has 40 heavy (non-hydrogen) atoms. The van der Waals surface area contributed by atoms with Crippen molar-refractivity contribution in [1.29, 1.82) is 0 Å². The molecule has 0 unspecified atom stereocenters. The minimum atomic E-state index is -0.586. The van der Waals surface area contributed by atoms with Gasteiger partial charge in [0.25, 0.3) is 5.56 Å². The van der Waals surface area contributed by atoms with Gasteiger partial charge >= 0.3 is 5.69 Å². The number of para-hydroxylation sites is 1. The van der Waals surface area contributed by atoms with E-state index < -0.39 is 4.92 Å². The lowest BCUT2D eigenvalue weighted by atomic mass is 10.1. The lowest BCUT2D eigenvalue weighted by molar-refractivity contribution is -0.386. The van der Waals surface area contributed by atoms with Crippen LogP contribution in [0.2, 0.25) is 10.0 Å². The second-order valence-corrected chi connectivity index (χ2v) is 9.38. The number of nitro groups is 1. The van der Waals surface area contributed by atoms with Crippen LogP contribution in [-0.2, 0) is 6.61 Å². The number of hydrogen-bond acceptors (Lipinski definition) is 7. The number of methoxy groups -OCH3 is 1. The van der Waals surface area contributed by atoms with Gasteiger partial charge < -0.3 is 9.47 Å². The summed E-state index contributed by atoms with van der Waals surface area (Å²) in [7, 11) is 1.37. The Morgan fingerprint density at radius 3 is 2.50 bits per heavy atom. The zero-order valence-electron chi connectivity index (χ0n) is 21.0. The Labute approximate surface area is 238 Å². The van der Waals surface area contributed by atoms with Crippen LogP contribution in [0.5, 0.6) is 11.5 Å². The van der Waals surface area contributed by atoms with E-state index in [0.717, 1.165) is 0 Å². The molecule has 0 fully saturated rings. The molecule has 0 aliphatic rings. The van der Waals surface area contributed by atoms with E-state index >= 15 is 0 Å². The molecular formula is C29H20Cl2N4O5. The highest BCUT2D eigenvalue weighted by Gasteiger charge is 2.23. The summed E-state index contributed by atoms with van der Waals surface area (Å²) in [5.74, 6) is 0.347. The lowest BCUT2D eigenvalue weighted by Crippen LogP contribution is -2.20. The zero-order chi connectivity index (χ0) is 28.2. The van der Waals surface area contributed by atoms with Gasteiger partial charge in [-0.3, -0.25) is 14.9 Å². The maximum Gasteiger partial charge on any atom is 0.315 e. The molecule has 9 nitrogen and oxygen atoms in total. The van der Waals surface area contributed by atoms with Crippen molar-refractivity contribution in [1.82, 2.24) is 9.66 Å². The molecular weight excluding hydrogens is 555 g/mol. The minimum absolute atomic E-state index is 0.0563. The van der Waals surface area contributed by atoms with Crippen molar-refractivity contribution in [2.45, 2.75) is 6.61 Å². The highest BCUT2D eigenvalue weighted by molar-refractivity contribution is 6.35. The van der Waals surface area contributed by atoms with Crippen molar-refractivity contribution in [2.75, 3.05) is 7.11 Å². The molecule has 200 valence electrons. The standard InChI is InChI=1S/C29H20Cl2N4O5/c1-39-26-14-18(13-25(35(37)38)27(26)40-17-20-11-12-21(30)15-23(20)31)16-32-34-28(19-7-3-2-4-8-19)33-24-10-6-5-9-22(24)29(34)36/h2-16H,17H2,1H3. The zero-order valence-corrected chi connectivity index (χ0v) is 22.5. The molecule has 1 heterocycles. The number of rotatable bonds is 8. The first-order chi connectivity index (χ1) is 19.4. The third kappa shape index (κ3) is 5.51. The predicted molar refractivity (Wildman–Crippen MR) is 155 cm³/mol. The number of halogens is 2. The van der Waals surface area contributed by atoms with Crippen LogP contribution in [0.1, 0.15) is 11.1 Å². The number of hydrogen-bond donors (Lipinski definition) is 0. The Bertz CT molecular complexity index is 1820. The fourth-order valence-electron chi connectivity index (χ4n) is 4.03. The van der Waals surface area contributed by atoms with Gasteiger partial charge in [0.05, 0.1) is 29.2 Å². The van der Waals surface area contributed by atoms with Crippen molar-refractivity contribution in [2.24, 2.45) is 5.10 Å². The number of benzene rings is 4. The van der Waals surface area contributed by atoms with Crippen LogP contribution in [0.15, 0.2) is 94.8 Å². The Balaban J connectivity index is 1.56. The number of nitro benzene ring substituents is 1. The van der Waals surface area contributed by atoms with Gasteiger partial charge in [0.15, 0.2) is 11.6 Å². The molecule has 0 aliphatic carbocycles. The maximum atomic E-state index is 13.4. The first kappa shape index (κ1) is 26.9. The fourth-order valence-corrected chi connectivity index (χ4v) is 4.50. The van der Waals surface area contributed by atoms with Gasteiger partial charge in [0.1, 0.15) is 6.61 Å². The van der Waals surface area contributed by atoms with Gasteiger partial charge in [-0.1, -0.05) is 71.7 Å². The van der Waals surface area contributed by atoms with Gasteiger partial charge in [-0.25, -0.2) is 4.98 Å². The quantitative estimate of drug-likeness (QED) is 0.115. The van der Waals surface area contributed by atoms with Crippen molar-refractivity contribution < 1.29 is 14.4 Å². The minimum Gasteiger partial charge on any atom is -0.493 e. The van der Waals surface area contributed by atoms with Crippen LogP contribution in [0, 0.1) is 10.1 Å². The molecule has 0 bridgehead atoms. The molecule has 0 aliphatic heterocycles. The average molecular weight is 575 g/mol. The Morgan fingerprint density at radius 2 is 1.77 bits per heavy atom. The molecule has 0 radical (unpaired) electrons. The Hall–Kier alpha value is -4.73. The molecule has 0 atom stereocenters. The van der Waals surface area contributed by atoms with E-state index in [1.165, 1.54) is 30.1 Å². The van der Waals surface area contributed by atoms with E-state index in [0.29, 0.717) is 43.5 Å². The number of fused-ring (bicyclic) bond motifs is 1. The highest BCUT2D eigenvalue weighted by atomic mass is 35.5. The molecule has 0 N–H and O–H groups in total. The second kappa shape index (κ2) is 11.6. The monoisotopic (exact) mass is 574 g/mol. The third-order valence-electron chi connectivity index (χ3n) is 5.97. The number of nitrogens with zero attached hydrogens (tertiary/aromatic N) is 4. The summed E-state index contributed by atoms with van der Waals surface area (Å²) >= 11 is 12.2. The van der Waals surface area contributed by atoms with Crippen molar-refractivity contribution in [3.63, 3.8) is 0 Å². The first-order valence-electron chi connectivity index (χ1n) is 11.9. The summed E-state index contributed by atoms with van der Waals surface area (Å²) in [4.78, 5) is 29.5. The Kier molecular flexibility index (Phi) is 7.77. The van der Waals surface area contributed by atoms with E-state index in [2.05, 4.69) is 10.1 Å². The average Bonchev–Trinajstić information content (AvgIpc) is 2.96. The van der Waals surface area contributed by atoms with Crippen LogP contribution >= 0.6 is 23.2 Å². The second-order valence-electron chi connectivity index (χ2n) is 8.53. The molecule has 5 rings (SSSR count). The summed E-state index contributed by atoms with van der Waals surface area (Å²) in [5.41, 5.74) is 1.36. The summed E-state index contributed by atoms with van der Waals surface area (Å²) in [6.07, 6.45) is 1.33. The van der Waals surface area contributed by atoms with E-state index in [9.17, 15) is 14.9 Å². The third-order valence-corrected chi connectivity index (χ3v) is 6.56.